The van der Waals surface area contributed by atoms with Crippen LogP contribution in [0, 0.1) is 0 Å². The first-order valence-electron chi connectivity index (χ1n) is 7.75. The van der Waals surface area contributed by atoms with Crippen LogP contribution < -0.4 is 4.90 Å². The summed E-state index contributed by atoms with van der Waals surface area (Å²) < 4.78 is 5.32. The molecule has 1 saturated carbocycles. The average Bonchev–Trinajstić information content (AvgIpc) is 3.13. The Morgan fingerprint density at radius 2 is 2.05 bits per heavy atom. The van der Waals surface area contributed by atoms with Gasteiger partial charge in [0.1, 0.15) is 5.52 Å². The first-order chi connectivity index (χ1) is 10.5. The Labute approximate surface area is 129 Å². The van der Waals surface area contributed by atoms with E-state index >= 15 is 0 Å². The van der Waals surface area contributed by atoms with Crippen molar-refractivity contribution in [1.82, 2.24) is 9.97 Å². The van der Waals surface area contributed by atoms with Crippen LogP contribution in [0.15, 0.2) is 10.5 Å². The number of fused-ring (bicyclic) bond motifs is 1. The Kier molecular flexibility index (Phi) is 3.76. The minimum absolute atomic E-state index is 0.114. The molecule has 6 heteroatoms. The van der Waals surface area contributed by atoms with Gasteiger partial charge in [-0.15, -0.1) is 0 Å². The Morgan fingerprint density at radius 1 is 1.36 bits per heavy atom. The molecule has 0 aromatic carbocycles. The second-order valence-electron chi connectivity index (χ2n) is 6.22. The van der Waals surface area contributed by atoms with Gasteiger partial charge >= 0.3 is 5.97 Å². The molecule has 6 nitrogen and oxygen atoms in total. The van der Waals surface area contributed by atoms with E-state index in [0.29, 0.717) is 17.1 Å². The molecule has 1 N–H and O–H groups in total. The fraction of sp³-hybridized carbons (Fsp3) is 0.562. The summed E-state index contributed by atoms with van der Waals surface area (Å²) in [5.74, 6) is -0.00494. The van der Waals surface area contributed by atoms with E-state index in [4.69, 9.17) is 14.5 Å². The maximum Gasteiger partial charge on any atom is 0.371 e. The standard InChI is InChI=1S/C16H21N3O3/c1-9(2)19(3)14-13(10-6-4-5-7-10)17-11-8-12(16(20)21)22-15(11)18-14/h8-10H,4-7H2,1-3H3,(H,20,21). The molecule has 0 amide bonds. The number of anilines is 1. The van der Waals surface area contributed by atoms with Gasteiger partial charge in [-0.2, -0.15) is 4.98 Å². The number of carboxylic acids is 1. The number of nitrogens with zero attached hydrogens (tertiary/aromatic N) is 3. The highest BCUT2D eigenvalue weighted by molar-refractivity contribution is 5.89. The van der Waals surface area contributed by atoms with Crippen molar-refractivity contribution in [3.8, 4) is 0 Å². The van der Waals surface area contributed by atoms with E-state index in [1.807, 2.05) is 7.05 Å². The molecule has 118 valence electrons. The van der Waals surface area contributed by atoms with Gasteiger partial charge in [0.15, 0.2) is 5.82 Å². The topological polar surface area (TPSA) is 79.5 Å². The maximum atomic E-state index is 11.1. The lowest BCUT2D eigenvalue weighted by Gasteiger charge is -2.26. The van der Waals surface area contributed by atoms with Crippen molar-refractivity contribution in [1.29, 1.82) is 0 Å². The molecule has 3 rings (SSSR count). The zero-order valence-electron chi connectivity index (χ0n) is 13.2. The third kappa shape index (κ3) is 2.53. The van der Waals surface area contributed by atoms with Gasteiger partial charge in [0.25, 0.3) is 0 Å². The molecule has 1 aliphatic carbocycles. The monoisotopic (exact) mass is 303 g/mol. The van der Waals surface area contributed by atoms with Crippen molar-refractivity contribution < 1.29 is 14.3 Å². The van der Waals surface area contributed by atoms with Gasteiger partial charge in [-0.1, -0.05) is 12.8 Å². The summed E-state index contributed by atoms with van der Waals surface area (Å²) in [6.45, 7) is 4.18. The Morgan fingerprint density at radius 3 is 2.64 bits per heavy atom. The summed E-state index contributed by atoms with van der Waals surface area (Å²) >= 11 is 0. The first kappa shape index (κ1) is 14.8. The number of carbonyl (C=O) groups is 1. The number of hydrogen-bond donors (Lipinski definition) is 1. The fourth-order valence-electron chi connectivity index (χ4n) is 2.95. The van der Waals surface area contributed by atoms with E-state index in [1.54, 1.807) is 0 Å². The van der Waals surface area contributed by atoms with E-state index in [0.717, 1.165) is 24.4 Å². The van der Waals surface area contributed by atoms with Gasteiger partial charge in [-0.25, -0.2) is 9.78 Å². The van der Waals surface area contributed by atoms with Gasteiger partial charge in [0.2, 0.25) is 11.5 Å². The number of hydrogen-bond acceptors (Lipinski definition) is 5. The molecule has 0 unspecified atom stereocenters. The highest BCUT2D eigenvalue weighted by Crippen LogP contribution is 2.38. The normalized spacial score (nSPS) is 15.8. The number of carboxylic acid groups (broad SMARTS) is 1. The van der Waals surface area contributed by atoms with Crippen LogP contribution in [0.25, 0.3) is 11.2 Å². The van der Waals surface area contributed by atoms with Gasteiger partial charge in [-0.05, 0) is 26.7 Å². The van der Waals surface area contributed by atoms with Gasteiger partial charge in [0.05, 0.1) is 5.69 Å². The number of aromatic carboxylic acids is 1. The van der Waals surface area contributed by atoms with Crippen LogP contribution in [-0.2, 0) is 0 Å². The molecule has 22 heavy (non-hydrogen) atoms. The molecule has 2 aromatic rings. The molecule has 0 aliphatic heterocycles. The smallest absolute Gasteiger partial charge is 0.371 e. The van der Waals surface area contributed by atoms with Crippen molar-refractivity contribution in [2.75, 3.05) is 11.9 Å². The number of aromatic nitrogens is 2. The highest BCUT2D eigenvalue weighted by Gasteiger charge is 2.26. The minimum atomic E-state index is -1.10. The van der Waals surface area contributed by atoms with Crippen LogP contribution >= 0.6 is 0 Å². The SMILES string of the molecule is CC(C)N(C)c1nc2oc(C(=O)O)cc2nc1C1CCCC1. The second-order valence-corrected chi connectivity index (χ2v) is 6.22. The minimum Gasteiger partial charge on any atom is -0.475 e. The lowest BCUT2D eigenvalue weighted by molar-refractivity contribution is 0.0664. The quantitative estimate of drug-likeness (QED) is 0.932. The predicted octanol–water partition coefficient (Wildman–Crippen LogP) is 3.42. The van der Waals surface area contributed by atoms with Crippen molar-refractivity contribution in [2.24, 2.45) is 0 Å². The lowest BCUT2D eigenvalue weighted by atomic mass is 10.0. The van der Waals surface area contributed by atoms with E-state index in [9.17, 15) is 4.79 Å². The van der Waals surface area contributed by atoms with Crippen molar-refractivity contribution in [2.45, 2.75) is 51.5 Å². The molecular formula is C16H21N3O3. The molecule has 1 fully saturated rings. The molecule has 0 radical (unpaired) electrons. The predicted molar refractivity (Wildman–Crippen MR) is 83.5 cm³/mol. The number of rotatable bonds is 4. The van der Waals surface area contributed by atoms with E-state index in [1.165, 1.54) is 18.9 Å². The summed E-state index contributed by atoms with van der Waals surface area (Å²) in [7, 11) is 1.99. The van der Waals surface area contributed by atoms with Crippen LogP contribution in [0.1, 0.15) is 61.7 Å². The third-order valence-electron chi connectivity index (χ3n) is 4.43. The molecule has 2 aromatic heterocycles. The molecule has 0 bridgehead atoms. The van der Waals surface area contributed by atoms with Gasteiger partial charge in [-0.3, -0.25) is 0 Å². The Balaban J connectivity index is 2.15. The molecule has 1 aliphatic rings. The number of furan rings is 1. The van der Waals surface area contributed by atoms with Crippen LogP contribution in [0.3, 0.4) is 0 Å². The maximum absolute atomic E-state index is 11.1. The van der Waals surface area contributed by atoms with E-state index in [2.05, 4.69) is 23.7 Å². The second kappa shape index (κ2) is 5.59. The van der Waals surface area contributed by atoms with E-state index in [-0.39, 0.29) is 11.8 Å². The lowest BCUT2D eigenvalue weighted by Crippen LogP contribution is -2.28. The molecule has 0 spiro atoms. The van der Waals surface area contributed by atoms with Crippen molar-refractivity contribution in [3.63, 3.8) is 0 Å². The zero-order chi connectivity index (χ0) is 15.9. The average molecular weight is 303 g/mol. The largest absolute Gasteiger partial charge is 0.475 e. The van der Waals surface area contributed by atoms with Gasteiger partial charge in [0, 0.05) is 25.1 Å². The summed E-state index contributed by atoms with van der Waals surface area (Å²) in [5.41, 5.74) is 1.79. The van der Waals surface area contributed by atoms with Crippen LogP contribution in [0.4, 0.5) is 5.82 Å². The summed E-state index contributed by atoms with van der Waals surface area (Å²) in [6, 6.07) is 1.74. The molecule has 2 heterocycles. The zero-order valence-corrected chi connectivity index (χ0v) is 13.2. The highest BCUT2D eigenvalue weighted by atomic mass is 16.4. The fourth-order valence-corrected chi connectivity index (χ4v) is 2.95. The Hall–Kier alpha value is -2.11. The molecule has 0 atom stereocenters. The van der Waals surface area contributed by atoms with Crippen LogP contribution in [-0.4, -0.2) is 34.1 Å². The van der Waals surface area contributed by atoms with Crippen molar-refractivity contribution in [3.05, 3.63) is 17.5 Å². The van der Waals surface area contributed by atoms with Crippen molar-refractivity contribution >= 4 is 23.0 Å². The summed E-state index contributed by atoms with van der Waals surface area (Å²) in [4.78, 5) is 22.4. The molecular weight excluding hydrogens is 282 g/mol. The Bertz CT molecular complexity index is 663. The summed E-state index contributed by atoms with van der Waals surface area (Å²) in [6.07, 6.45) is 4.65. The summed E-state index contributed by atoms with van der Waals surface area (Å²) in [5, 5.41) is 9.07. The molecule has 0 saturated heterocycles. The van der Waals surface area contributed by atoms with E-state index < -0.39 is 5.97 Å². The van der Waals surface area contributed by atoms with Crippen LogP contribution in [0.2, 0.25) is 0 Å². The van der Waals surface area contributed by atoms with Gasteiger partial charge < -0.3 is 14.4 Å². The van der Waals surface area contributed by atoms with Crippen LogP contribution in [0.5, 0.6) is 0 Å². The third-order valence-corrected chi connectivity index (χ3v) is 4.43. The first-order valence-corrected chi connectivity index (χ1v) is 7.75.